The van der Waals surface area contributed by atoms with E-state index in [9.17, 15) is 22.8 Å². The normalized spacial score (nSPS) is 14.8. The maximum Gasteiger partial charge on any atom is 0.293 e. The summed E-state index contributed by atoms with van der Waals surface area (Å²) in [6, 6.07) is 18.5. The maximum absolute atomic E-state index is 13.5. The van der Waals surface area contributed by atoms with E-state index in [1.165, 1.54) is 16.7 Å². The minimum Gasteiger partial charge on any atom is -0.378 e. The van der Waals surface area contributed by atoms with Gasteiger partial charge in [-0.15, -0.1) is 0 Å². The second-order valence-corrected chi connectivity index (χ2v) is 12.8. The fraction of sp³-hybridized carbons (Fsp3) is 0.250. The highest BCUT2D eigenvalue weighted by atomic mass is 32.2. The van der Waals surface area contributed by atoms with Crippen LogP contribution in [0.3, 0.4) is 0 Å². The van der Waals surface area contributed by atoms with E-state index in [1.807, 2.05) is 18.2 Å². The molecule has 44 heavy (non-hydrogen) atoms. The molecule has 1 fully saturated rings. The van der Waals surface area contributed by atoms with Crippen LogP contribution in [0, 0.1) is 0 Å². The van der Waals surface area contributed by atoms with Crippen molar-refractivity contribution in [2.24, 2.45) is 7.05 Å². The standard InChI is InChI=1S/C32H31N5O6S/c1-35-20-27(34-29(32(35)40)33-23-11-9-21(10-12-23)30(38)36-15-17-43-18-16-36)25-7-4-8-28-26(25)13-14-37(28)31(39)22-5-3-6-24(19-22)44(2,41)42/h3-12,19-20H,13-18H2,1-2H3,(H,33,34). The molecule has 0 bridgehead atoms. The van der Waals surface area contributed by atoms with E-state index < -0.39 is 9.84 Å². The minimum atomic E-state index is -3.46. The van der Waals surface area contributed by atoms with Crippen LogP contribution in [0.1, 0.15) is 26.3 Å². The van der Waals surface area contributed by atoms with E-state index in [4.69, 9.17) is 4.74 Å². The molecule has 2 amide bonds. The molecule has 0 spiro atoms. The number of fused-ring (bicyclic) bond motifs is 1. The van der Waals surface area contributed by atoms with Gasteiger partial charge in [0, 0.05) is 67.2 Å². The number of aromatic nitrogens is 2. The summed E-state index contributed by atoms with van der Waals surface area (Å²) in [5.74, 6) is -0.236. The summed E-state index contributed by atoms with van der Waals surface area (Å²) < 4.78 is 30.9. The van der Waals surface area contributed by atoms with E-state index in [2.05, 4.69) is 10.3 Å². The molecule has 3 aromatic carbocycles. The summed E-state index contributed by atoms with van der Waals surface area (Å²) in [6.45, 7) is 2.57. The topological polar surface area (TPSA) is 131 Å². The van der Waals surface area contributed by atoms with Crippen LogP contribution >= 0.6 is 0 Å². The fourth-order valence-corrected chi connectivity index (χ4v) is 6.17. The first-order chi connectivity index (χ1) is 21.1. The van der Waals surface area contributed by atoms with Crippen LogP contribution < -0.4 is 15.8 Å². The van der Waals surface area contributed by atoms with E-state index in [0.29, 0.717) is 61.9 Å². The van der Waals surface area contributed by atoms with E-state index in [1.54, 1.807) is 59.4 Å². The summed E-state index contributed by atoms with van der Waals surface area (Å²) in [7, 11) is -1.82. The van der Waals surface area contributed by atoms with Crippen molar-refractivity contribution < 1.29 is 22.7 Å². The number of morpholine rings is 1. The van der Waals surface area contributed by atoms with Crippen molar-refractivity contribution in [2.75, 3.05) is 49.3 Å². The van der Waals surface area contributed by atoms with Gasteiger partial charge in [-0.05, 0) is 60.5 Å². The smallest absolute Gasteiger partial charge is 0.293 e. The van der Waals surface area contributed by atoms with Gasteiger partial charge in [0.15, 0.2) is 15.7 Å². The lowest BCUT2D eigenvalue weighted by molar-refractivity contribution is 0.0303. The van der Waals surface area contributed by atoms with Crippen LogP contribution in [0.5, 0.6) is 0 Å². The number of hydrogen-bond acceptors (Lipinski definition) is 8. The number of hydrogen-bond donors (Lipinski definition) is 1. The molecule has 1 N–H and O–H groups in total. The third kappa shape index (κ3) is 5.73. The third-order valence-electron chi connectivity index (χ3n) is 7.82. The highest BCUT2D eigenvalue weighted by Gasteiger charge is 2.29. The molecule has 11 nitrogen and oxygen atoms in total. The zero-order valence-corrected chi connectivity index (χ0v) is 25.1. The van der Waals surface area contributed by atoms with Gasteiger partial charge in [-0.2, -0.15) is 0 Å². The maximum atomic E-state index is 13.5. The van der Waals surface area contributed by atoms with Gasteiger partial charge in [-0.1, -0.05) is 18.2 Å². The Morgan fingerprint density at radius 2 is 1.64 bits per heavy atom. The Hall–Kier alpha value is -4.81. The van der Waals surface area contributed by atoms with Gasteiger partial charge in [0.25, 0.3) is 17.4 Å². The molecule has 1 saturated heterocycles. The van der Waals surface area contributed by atoms with Crippen LogP contribution in [-0.2, 0) is 28.0 Å². The number of carbonyl (C=O) groups excluding carboxylic acids is 2. The van der Waals surface area contributed by atoms with E-state index in [0.717, 1.165) is 17.4 Å². The number of sulfone groups is 1. The molecule has 0 aliphatic carbocycles. The zero-order chi connectivity index (χ0) is 31.0. The average Bonchev–Trinajstić information content (AvgIpc) is 3.47. The number of amides is 2. The molecule has 0 radical (unpaired) electrons. The highest BCUT2D eigenvalue weighted by molar-refractivity contribution is 7.90. The second-order valence-electron chi connectivity index (χ2n) is 10.8. The molecule has 226 valence electrons. The van der Waals surface area contributed by atoms with Gasteiger partial charge in [0.05, 0.1) is 23.8 Å². The molecule has 6 rings (SSSR count). The molecular weight excluding hydrogens is 582 g/mol. The molecular formula is C32H31N5O6S. The molecule has 12 heteroatoms. The molecule has 2 aliphatic rings. The van der Waals surface area contributed by atoms with E-state index >= 15 is 0 Å². The number of rotatable bonds is 6. The monoisotopic (exact) mass is 613 g/mol. The summed E-state index contributed by atoms with van der Waals surface area (Å²) >= 11 is 0. The predicted molar refractivity (Wildman–Crippen MR) is 166 cm³/mol. The minimum absolute atomic E-state index is 0.0653. The lowest BCUT2D eigenvalue weighted by Gasteiger charge is -2.26. The van der Waals surface area contributed by atoms with Crippen LogP contribution in [-0.4, -0.2) is 73.8 Å². The Morgan fingerprint density at radius 3 is 2.36 bits per heavy atom. The Balaban J connectivity index is 1.26. The van der Waals surface area contributed by atoms with Crippen molar-refractivity contribution in [3.63, 3.8) is 0 Å². The van der Waals surface area contributed by atoms with Crippen molar-refractivity contribution in [3.05, 3.63) is 100.0 Å². The molecule has 3 heterocycles. The van der Waals surface area contributed by atoms with Crippen molar-refractivity contribution >= 4 is 38.8 Å². The summed E-state index contributed by atoms with van der Waals surface area (Å²) in [6.07, 6.45) is 3.34. The van der Waals surface area contributed by atoms with Gasteiger partial charge < -0.3 is 24.4 Å². The molecule has 4 aromatic rings. The number of benzene rings is 3. The van der Waals surface area contributed by atoms with Crippen molar-refractivity contribution in [3.8, 4) is 11.3 Å². The lowest BCUT2D eigenvalue weighted by Crippen LogP contribution is -2.40. The number of nitrogens with zero attached hydrogens (tertiary/aromatic N) is 4. The quantitative estimate of drug-likeness (QED) is 0.351. The largest absolute Gasteiger partial charge is 0.378 e. The summed E-state index contributed by atoms with van der Waals surface area (Å²) in [4.78, 5) is 47.5. The van der Waals surface area contributed by atoms with Crippen molar-refractivity contribution in [1.82, 2.24) is 14.5 Å². The first kappa shape index (κ1) is 29.3. The highest BCUT2D eigenvalue weighted by Crippen LogP contribution is 2.36. The van der Waals surface area contributed by atoms with Crippen molar-refractivity contribution in [2.45, 2.75) is 11.3 Å². The third-order valence-corrected chi connectivity index (χ3v) is 8.93. The van der Waals surface area contributed by atoms with Gasteiger partial charge in [-0.25, -0.2) is 13.4 Å². The van der Waals surface area contributed by atoms with Gasteiger partial charge in [0.1, 0.15) is 0 Å². The van der Waals surface area contributed by atoms with Gasteiger partial charge >= 0.3 is 0 Å². The first-order valence-corrected chi connectivity index (χ1v) is 16.1. The second kappa shape index (κ2) is 11.7. The van der Waals surface area contributed by atoms with Crippen LogP contribution in [0.15, 0.2) is 82.6 Å². The Labute approximate surface area is 254 Å². The lowest BCUT2D eigenvalue weighted by atomic mass is 10.0. The fourth-order valence-electron chi connectivity index (χ4n) is 5.50. The molecule has 0 unspecified atom stereocenters. The Kier molecular flexibility index (Phi) is 7.78. The molecule has 0 saturated carbocycles. The van der Waals surface area contributed by atoms with Gasteiger partial charge in [-0.3, -0.25) is 14.4 Å². The molecule has 2 aliphatic heterocycles. The first-order valence-electron chi connectivity index (χ1n) is 14.2. The number of anilines is 3. The van der Waals surface area contributed by atoms with Crippen LogP contribution in [0.2, 0.25) is 0 Å². The van der Waals surface area contributed by atoms with Gasteiger partial charge in [0.2, 0.25) is 0 Å². The van der Waals surface area contributed by atoms with Crippen molar-refractivity contribution in [1.29, 1.82) is 0 Å². The Morgan fingerprint density at radius 1 is 0.909 bits per heavy atom. The van der Waals surface area contributed by atoms with E-state index in [-0.39, 0.29) is 33.7 Å². The number of aryl methyl sites for hydroxylation is 1. The number of carbonyl (C=O) groups is 2. The number of nitrogens with one attached hydrogen (secondary N) is 1. The average molecular weight is 614 g/mol. The van der Waals surface area contributed by atoms with Crippen LogP contribution in [0.25, 0.3) is 11.3 Å². The molecule has 0 atom stereocenters. The summed E-state index contributed by atoms with van der Waals surface area (Å²) in [5, 5.41) is 3.10. The predicted octanol–water partition coefficient (Wildman–Crippen LogP) is 3.27. The Bertz CT molecular complexity index is 1930. The van der Waals surface area contributed by atoms with Crippen LogP contribution in [0.4, 0.5) is 17.2 Å². The molecule has 1 aromatic heterocycles. The number of ether oxygens (including phenoxy) is 1. The zero-order valence-electron chi connectivity index (χ0n) is 24.3. The SMILES string of the molecule is Cn1cc(-c2cccc3c2CCN3C(=O)c2cccc(S(C)(=O)=O)c2)nc(Nc2ccc(C(=O)N3CCOCC3)cc2)c1=O. The summed E-state index contributed by atoms with van der Waals surface area (Å²) in [5.41, 5.74) is 4.08.